The SMILES string of the molecule is CCc1ccc(-c2noc(CN3C(=O)N(c4ccccc4)C(=O)C4SC=CC43)n2)cc1. The molecule has 0 bridgehead atoms. The van der Waals surface area contributed by atoms with Gasteiger partial charge in [-0.15, -0.1) is 11.8 Å². The first-order valence-corrected chi connectivity index (χ1v) is 11.0. The number of anilines is 1. The number of urea groups is 1. The number of rotatable bonds is 5. The highest BCUT2D eigenvalue weighted by Crippen LogP contribution is 2.37. The number of para-hydroxylation sites is 1. The van der Waals surface area contributed by atoms with E-state index in [1.54, 1.807) is 29.2 Å². The molecule has 0 radical (unpaired) electrons. The fourth-order valence-corrected chi connectivity index (χ4v) is 4.84. The first-order chi connectivity index (χ1) is 15.2. The van der Waals surface area contributed by atoms with Crippen LogP contribution in [-0.2, 0) is 17.8 Å². The molecule has 5 rings (SSSR count). The van der Waals surface area contributed by atoms with E-state index in [4.69, 9.17) is 4.52 Å². The highest BCUT2D eigenvalue weighted by molar-refractivity contribution is 8.03. The van der Waals surface area contributed by atoms with E-state index < -0.39 is 6.03 Å². The second kappa shape index (κ2) is 8.03. The predicted molar refractivity (Wildman–Crippen MR) is 118 cm³/mol. The van der Waals surface area contributed by atoms with Gasteiger partial charge in [-0.3, -0.25) is 4.79 Å². The summed E-state index contributed by atoms with van der Waals surface area (Å²) in [7, 11) is 0. The maximum atomic E-state index is 13.3. The van der Waals surface area contributed by atoms with Crippen molar-refractivity contribution in [3.8, 4) is 11.4 Å². The van der Waals surface area contributed by atoms with Gasteiger partial charge in [0.2, 0.25) is 11.7 Å². The Morgan fingerprint density at radius 2 is 1.84 bits per heavy atom. The molecule has 3 amide bonds. The van der Waals surface area contributed by atoms with Gasteiger partial charge in [0, 0.05) is 5.56 Å². The second-order valence-electron chi connectivity index (χ2n) is 7.36. The minimum atomic E-state index is -0.392. The van der Waals surface area contributed by atoms with Gasteiger partial charge in [0.15, 0.2) is 0 Å². The Kier molecular flexibility index (Phi) is 5.07. The van der Waals surface area contributed by atoms with Gasteiger partial charge in [0.1, 0.15) is 11.8 Å². The smallest absolute Gasteiger partial charge is 0.332 e. The summed E-state index contributed by atoms with van der Waals surface area (Å²) in [6, 6.07) is 16.2. The van der Waals surface area contributed by atoms with E-state index in [2.05, 4.69) is 17.1 Å². The maximum Gasteiger partial charge on any atom is 0.332 e. The summed E-state index contributed by atoms with van der Waals surface area (Å²) in [6.45, 7) is 2.23. The van der Waals surface area contributed by atoms with E-state index in [-0.39, 0.29) is 23.7 Å². The molecule has 31 heavy (non-hydrogen) atoms. The number of thioether (sulfide) groups is 1. The largest absolute Gasteiger partial charge is 0.337 e. The van der Waals surface area contributed by atoms with Gasteiger partial charge in [0.05, 0.1) is 11.7 Å². The van der Waals surface area contributed by atoms with Crippen molar-refractivity contribution in [2.75, 3.05) is 4.90 Å². The Bertz CT molecular complexity index is 1140. The minimum Gasteiger partial charge on any atom is -0.337 e. The van der Waals surface area contributed by atoms with Crippen LogP contribution in [0.5, 0.6) is 0 Å². The lowest BCUT2D eigenvalue weighted by atomic mass is 10.1. The van der Waals surface area contributed by atoms with Crippen LogP contribution in [0, 0.1) is 0 Å². The lowest BCUT2D eigenvalue weighted by Gasteiger charge is -2.40. The third kappa shape index (κ3) is 3.53. The molecule has 1 saturated heterocycles. The van der Waals surface area contributed by atoms with Crippen LogP contribution in [0.25, 0.3) is 11.4 Å². The van der Waals surface area contributed by atoms with Crippen LogP contribution in [0.4, 0.5) is 10.5 Å². The van der Waals surface area contributed by atoms with E-state index in [0.29, 0.717) is 17.4 Å². The average molecular weight is 433 g/mol. The van der Waals surface area contributed by atoms with Crippen LogP contribution >= 0.6 is 11.8 Å². The van der Waals surface area contributed by atoms with E-state index in [0.717, 1.165) is 12.0 Å². The van der Waals surface area contributed by atoms with Crippen LogP contribution < -0.4 is 4.90 Å². The number of amides is 3. The van der Waals surface area contributed by atoms with Gasteiger partial charge < -0.3 is 9.42 Å². The number of hydrogen-bond acceptors (Lipinski definition) is 6. The minimum absolute atomic E-state index is 0.127. The van der Waals surface area contributed by atoms with E-state index in [1.807, 2.05) is 41.8 Å². The first kappa shape index (κ1) is 19.6. The number of carbonyl (C=O) groups is 2. The summed E-state index contributed by atoms with van der Waals surface area (Å²) in [5.74, 6) is 0.593. The fourth-order valence-electron chi connectivity index (χ4n) is 3.80. The quantitative estimate of drug-likeness (QED) is 0.599. The van der Waals surface area contributed by atoms with Crippen LogP contribution in [0.15, 0.2) is 70.6 Å². The van der Waals surface area contributed by atoms with Gasteiger partial charge in [-0.2, -0.15) is 4.98 Å². The molecule has 0 spiro atoms. The molecule has 2 unspecified atom stereocenters. The van der Waals surface area contributed by atoms with Crippen LogP contribution in [0.1, 0.15) is 18.4 Å². The fraction of sp³-hybridized carbons (Fsp3) is 0.217. The van der Waals surface area contributed by atoms with Gasteiger partial charge in [-0.25, -0.2) is 9.69 Å². The van der Waals surface area contributed by atoms with Crippen molar-refractivity contribution in [3.05, 3.63) is 77.5 Å². The molecule has 8 heteroatoms. The monoisotopic (exact) mass is 432 g/mol. The van der Waals surface area contributed by atoms with Crippen LogP contribution in [0.2, 0.25) is 0 Å². The number of fused-ring (bicyclic) bond motifs is 1. The summed E-state index contributed by atoms with van der Waals surface area (Å²) in [6.07, 6.45) is 2.84. The number of hydrogen-bond donors (Lipinski definition) is 0. The van der Waals surface area contributed by atoms with Crippen molar-refractivity contribution < 1.29 is 14.1 Å². The molecule has 3 heterocycles. The molecule has 7 nitrogen and oxygen atoms in total. The molecule has 0 saturated carbocycles. The molecule has 2 aromatic carbocycles. The summed E-state index contributed by atoms with van der Waals surface area (Å²) in [5, 5.41) is 5.57. The lowest BCUT2D eigenvalue weighted by molar-refractivity contribution is -0.119. The molecule has 2 atom stereocenters. The number of imide groups is 1. The topological polar surface area (TPSA) is 79.5 Å². The van der Waals surface area contributed by atoms with Crippen molar-refractivity contribution in [2.24, 2.45) is 0 Å². The third-order valence-corrected chi connectivity index (χ3v) is 6.57. The zero-order chi connectivity index (χ0) is 21.4. The van der Waals surface area contributed by atoms with E-state index >= 15 is 0 Å². The Morgan fingerprint density at radius 1 is 1.06 bits per heavy atom. The molecule has 2 aliphatic heterocycles. The second-order valence-corrected chi connectivity index (χ2v) is 8.41. The number of benzene rings is 2. The predicted octanol–water partition coefficient (Wildman–Crippen LogP) is 4.27. The Hall–Kier alpha value is -3.39. The number of aromatic nitrogens is 2. The van der Waals surface area contributed by atoms with Crippen molar-refractivity contribution in [1.29, 1.82) is 0 Å². The zero-order valence-corrected chi connectivity index (χ0v) is 17.7. The Morgan fingerprint density at radius 3 is 2.58 bits per heavy atom. The standard InChI is InChI=1S/C23H20N4O3S/c1-2-15-8-10-16(11-9-15)21-24-19(30-25-21)14-26-18-12-13-31-20(18)22(28)27(23(26)29)17-6-4-3-5-7-17/h3-13,18,20H,2,14H2,1H3. The number of nitrogens with zero attached hydrogens (tertiary/aromatic N) is 4. The van der Waals surface area contributed by atoms with E-state index in [9.17, 15) is 9.59 Å². The van der Waals surface area contributed by atoms with Crippen molar-refractivity contribution in [3.63, 3.8) is 0 Å². The first-order valence-electron chi connectivity index (χ1n) is 10.1. The maximum absolute atomic E-state index is 13.3. The van der Waals surface area contributed by atoms with Crippen molar-refractivity contribution >= 4 is 29.4 Å². The molecule has 1 aromatic heterocycles. The molecule has 2 aliphatic rings. The Labute approximate surface area is 183 Å². The van der Waals surface area contributed by atoms with Gasteiger partial charge in [-0.1, -0.05) is 60.6 Å². The van der Waals surface area contributed by atoms with Gasteiger partial charge >= 0.3 is 6.03 Å². The van der Waals surface area contributed by atoms with E-state index in [1.165, 1.54) is 22.2 Å². The average Bonchev–Trinajstić information content (AvgIpc) is 3.48. The highest BCUT2D eigenvalue weighted by atomic mass is 32.2. The molecule has 3 aromatic rings. The molecule has 1 fully saturated rings. The molecule has 0 aliphatic carbocycles. The number of aryl methyl sites for hydroxylation is 1. The summed E-state index contributed by atoms with van der Waals surface area (Å²) >= 11 is 1.42. The molecular formula is C23H20N4O3S. The summed E-state index contributed by atoms with van der Waals surface area (Å²) in [4.78, 5) is 33.7. The lowest BCUT2D eigenvalue weighted by Crippen LogP contribution is -2.61. The summed E-state index contributed by atoms with van der Waals surface area (Å²) < 4.78 is 5.45. The van der Waals surface area contributed by atoms with Crippen LogP contribution in [-0.4, -0.2) is 38.3 Å². The van der Waals surface area contributed by atoms with Gasteiger partial charge in [-0.05, 0) is 29.5 Å². The van der Waals surface area contributed by atoms with Gasteiger partial charge in [0.25, 0.3) is 5.91 Å². The molecule has 0 N–H and O–H groups in total. The van der Waals surface area contributed by atoms with Crippen molar-refractivity contribution in [1.82, 2.24) is 15.0 Å². The van der Waals surface area contributed by atoms with Crippen molar-refractivity contribution in [2.45, 2.75) is 31.2 Å². The summed E-state index contributed by atoms with van der Waals surface area (Å²) in [5.41, 5.74) is 2.64. The zero-order valence-electron chi connectivity index (χ0n) is 16.8. The number of carbonyl (C=O) groups excluding carboxylic acids is 2. The normalized spacial score (nSPS) is 20.4. The highest BCUT2D eigenvalue weighted by Gasteiger charge is 2.48. The third-order valence-electron chi connectivity index (χ3n) is 5.48. The molecule has 156 valence electrons. The van der Waals surface area contributed by atoms with Crippen LogP contribution in [0.3, 0.4) is 0 Å². The Balaban J connectivity index is 1.42. The molecular weight excluding hydrogens is 412 g/mol.